The van der Waals surface area contributed by atoms with Gasteiger partial charge in [-0.2, -0.15) is 0 Å². The Hall–Kier alpha value is -2.50. The molecule has 6 nitrogen and oxygen atoms in total. The second-order valence-electron chi connectivity index (χ2n) is 4.79. The molecule has 22 heavy (non-hydrogen) atoms. The van der Waals surface area contributed by atoms with Gasteiger partial charge in [0.05, 0.1) is 12.2 Å². The first-order valence-corrected chi connectivity index (χ1v) is 7.35. The zero-order valence-electron chi connectivity index (χ0n) is 13.1. The van der Waals surface area contributed by atoms with Crippen molar-refractivity contribution in [3.8, 4) is 11.1 Å². The maximum Gasteiger partial charge on any atom is 0.339 e. The molecule has 2 aromatic heterocycles. The lowest BCUT2D eigenvalue weighted by molar-refractivity contribution is 0.0526. The highest BCUT2D eigenvalue weighted by atomic mass is 16.5. The molecular formula is C16H20N4O2. The van der Waals surface area contributed by atoms with Crippen LogP contribution in [0.15, 0.2) is 24.7 Å². The summed E-state index contributed by atoms with van der Waals surface area (Å²) in [5, 5.41) is 3.28. The molecule has 0 saturated carbocycles. The Morgan fingerprint density at radius 3 is 2.82 bits per heavy atom. The molecule has 0 aromatic carbocycles. The molecule has 0 unspecified atom stereocenters. The van der Waals surface area contributed by atoms with Gasteiger partial charge in [-0.05, 0) is 26.3 Å². The SMILES string of the molecule is CCCNc1nc(C)ncc1-c1cncc(C(=O)OCC)c1. The van der Waals surface area contributed by atoms with Crippen LogP contribution in [0.2, 0.25) is 0 Å². The van der Waals surface area contributed by atoms with E-state index in [1.807, 2.05) is 6.92 Å². The highest BCUT2D eigenvalue weighted by Crippen LogP contribution is 2.26. The standard InChI is InChI=1S/C16H20N4O2/c1-4-6-18-15-14(10-19-11(3)20-15)12-7-13(9-17-8-12)16(21)22-5-2/h7-10H,4-6H2,1-3H3,(H,18,19,20). The molecule has 0 spiro atoms. The predicted molar refractivity (Wildman–Crippen MR) is 84.7 cm³/mol. The number of esters is 1. The highest BCUT2D eigenvalue weighted by Gasteiger charge is 2.12. The van der Waals surface area contributed by atoms with E-state index in [2.05, 4.69) is 27.2 Å². The molecule has 0 aliphatic heterocycles. The summed E-state index contributed by atoms with van der Waals surface area (Å²) in [7, 11) is 0. The van der Waals surface area contributed by atoms with Crippen LogP contribution in [0.4, 0.5) is 5.82 Å². The van der Waals surface area contributed by atoms with E-state index < -0.39 is 0 Å². The summed E-state index contributed by atoms with van der Waals surface area (Å²) in [4.78, 5) is 24.6. The normalized spacial score (nSPS) is 10.3. The number of hydrogen-bond acceptors (Lipinski definition) is 6. The van der Waals surface area contributed by atoms with Crippen molar-refractivity contribution in [1.29, 1.82) is 0 Å². The minimum atomic E-state index is -0.382. The lowest BCUT2D eigenvalue weighted by Crippen LogP contribution is -2.07. The fraction of sp³-hybridized carbons (Fsp3) is 0.375. The van der Waals surface area contributed by atoms with Gasteiger partial charge in [0.2, 0.25) is 0 Å². The van der Waals surface area contributed by atoms with E-state index in [4.69, 9.17) is 4.74 Å². The van der Waals surface area contributed by atoms with Gasteiger partial charge in [-0.15, -0.1) is 0 Å². The zero-order chi connectivity index (χ0) is 15.9. The van der Waals surface area contributed by atoms with Crippen molar-refractivity contribution in [3.63, 3.8) is 0 Å². The lowest BCUT2D eigenvalue weighted by atomic mass is 10.1. The molecule has 2 aromatic rings. The summed E-state index contributed by atoms with van der Waals surface area (Å²) in [6.45, 7) is 6.85. The van der Waals surface area contributed by atoms with Crippen molar-refractivity contribution in [2.45, 2.75) is 27.2 Å². The molecule has 0 aliphatic rings. The topological polar surface area (TPSA) is 77.0 Å². The van der Waals surface area contributed by atoms with E-state index in [9.17, 15) is 4.79 Å². The Balaban J connectivity index is 2.39. The third-order valence-corrected chi connectivity index (χ3v) is 3.01. The van der Waals surface area contributed by atoms with Crippen LogP contribution in [-0.2, 0) is 4.74 Å². The number of aryl methyl sites for hydroxylation is 1. The lowest BCUT2D eigenvalue weighted by Gasteiger charge is -2.11. The molecule has 1 N–H and O–H groups in total. The van der Waals surface area contributed by atoms with Crippen LogP contribution < -0.4 is 5.32 Å². The number of carbonyl (C=O) groups is 1. The van der Waals surface area contributed by atoms with Gasteiger partial charge in [0, 0.05) is 36.3 Å². The summed E-state index contributed by atoms with van der Waals surface area (Å²) < 4.78 is 5.01. The van der Waals surface area contributed by atoms with Crippen molar-refractivity contribution >= 4 is 11.8 Å². The first-order chi connectivity index (χ1) is 10.7. The molecule has 0 bridgehead atoms. The van der Waals surface area contributed by atoms with Crippen LogP contribution in [0.3, 0.4) is 0 Å². The number of aromatic nitrogens is 3. The van der Waals surface area contributed by atoms with Crippen LogP contribution in [0, 0.1) is 6.92 Å². The second-order valence-corrected chi connectivity index (χ2v) is 4.79. The fourth-order valence-electron chi connectivity index (χ4n) is 1.97. The maximum atomic E-state index is 11.8. The van der Waals surface area contributed by atoms with E-state index in [0.29, 0.717) is 18.0 Å². The first-order valence-electron chi connectivity index (χ1n) is 7.35. The van der Waals surface area contributed by atoms with Crippen molar-refractivity contribution in [3.05, 3.63) is 36.0 Å². The van der Waals surface area contributed by atoms with Gasteiger partial charge in [0.1, 0.15) is 11.6 Å². The first kappa shape index (κ1) is 15.9. The predicted octanol–water partition coefficient (Wildman–Crippen LogP) is 2.85. The second kappa shape index (κ2) is 7.49. The molecule has 0 saturated heterocycles. The fourth-order valence-corrected chi connectivity index (χ4v) is 1.97. The number of rotatable bonds is 6. The number of nitrogens with one attached hydrogen (secondary N) is 1. The van der Waals surface area contributed by atoms with Crippen LogP contribution in [0.1, 0.15) is 36.5 Å². The van der Waals surface area contributed by atoms with Crippen molar-refractivity contribution in [2.75, 3.05) is 18.5 Å². The molecule has 116 valence electrons. The van der Waals surface area contributed by atoms with Gasteiger partial charge < -0.3 is 10.1 Å². The Labute approximate surface area is 130 Å². The smallest absolute Gasteiger partial charge is 0.339 e. The van der Waals surface area contributed by atoms with Gasteiger partial charge in [0.25, 0.3) is 0 Å². The van der Waals surface area contributed by atoms with Gasteiger partial charge >= 0.3 is 5.97 Å². The van der Waals surface area contributed by atoms with Crippen LogP contribution in [-0.4, -0.2) is 34.1 Å². The number of carbonyl (C=O) groups excluding carboxylic acids is 1. The average molecular weight is 300 g/mol. The van der Waals surface area contributed by atoms with Gasteiger partial charge in [0.15, 0.2) is 0 Å². The quantitative estimate of drug-likeness (QED) is 0.827. The molecule has 0 atom stereocenters. The van der Waals surface area contributed by atoms with E-state index >= 15 is 0 Å². The minimum Gasteiger partial charge on any atom is -0.462 e. The van der Waals surface area contributed by atoms with Gasteiger partial charge in [-0.25, -0.2) is 14.8 Å². The summed E-state index contributed by atoms with van der Waals surface area (Å²) in [5.74, 6) is 1.06. The Morgan fingerprint density at radius 1 is 1.27 bits per heavy atom. The third kappa shape index (κ3) is 3.78. The van der Waals surface area contributed by atoms with Crippen LogP contribution in [0.5, 0.6) is 0 Å². The third-order valence-electron chi connectivity index (χ3n) is 3.01. The van der Waals surface area contributed by atoms with E-state index in [1.165, 1.54) is 6.20 Å². The number of hydrogen-bond donors (Lipinski definition) is 1. The minimum absolute atomic E-state index is 0.333. The number of ether oxygens (including phenoxy) is 1. The average Bonchev–Trinajstić information content (AvgIpc) is 2.53. The molecule has 0 fully saturated rings. The van der Waals surface area contributed by atoms with Crippen molar-refractivity contribution < 1.29 is 9.53 Å². The molecule has 0 aliphatic carbocycles. The largest absolute Gasteiger partial charge is 0.462 e. The summed E-state index contributed by atoms with van der Waals surface area (Å²) in [6.07, 6.45) is 5.92. The number of nitrogens with zero attached hydrogens (tertiary/aromatic N) is 3. The van der Waals surface area contributed by atoms with Crippen molar-refractivity contribution in [2.24, 2.45) is 0 Å². The number of pyridine rings is 1. The summed E-state index contributed by atoms with van der Waals surface area (Å²) in [5.41, 5.74) is 2.02. The van der Waals surface area contributed by atoms with Crippen LogP contribution in [0.25, 0.3) is 11.1 Å². The van der Waals surface area contributed by atoms with E-state index in [-0.39, 0.29) is 5.97 Å². The Bertz CT molecular complexity index is 658. The molecule has 2 rings (SSSR count). The van der Waals surface area contributed by atoms with Gasteiger partial charge in [-0.3, -0.25) is 4.98 Å². The molecule has 2 heterocycles. The Kier molecular flexibility index (Phi) is 5.41. The molecule has 0 radical (unpaired) electrons. The van der Waals surface area contributed by atoms with Crippen LogP contribution >= 0.6 is 0 Å². The molecular weight excluding hydrogens is 280 g/mol. The van der Waals surface area contributed by atoms with E-state index in [1.54, 1.807) is 25.4 Å². The monoisotopic (exact) mass is 300 g/mol. The summed E-state index contributed by atoms with van der Waals surface area (Å²) in [6, 6.07) is 1.75. The summed E-state index contributed by atoms with van der Waals surface area (Å²) >= 11 is 0. The molecule has 0 amide bonds. The zero-order valence-corrected chi connectivity index (χ0v) is 13.1. The van der Waals surface area contributed by atoms with E-state index in [0.717, 1.165) is 29.9 Å². The van der Waals surface area contributed by atoms with Crippen molar-refractivity contribution in [1.82, 2.24) is 15.0 Å². The van der Waals surface area contributed by atoms with Gasteiger partial charge in [-0.1, -0.05) is 6.92 Å². The molecule has 6 heteroatoms. The number of anilines is 1. The Morgan fingerprint density at radius 2 is 2.09 bits per heavy atom. The highest BCUT2D eigenvalue weighted by molar-refractivity contribution is 5.91. The maximum absolute atomic E-state index is 11.8.